The Morgan fingerprint density at radius 1 is 1.62 bits per heavy atom. The fourth-order valence-corrected chi connectivity index (χ4v) is 1.38. The number of hydrogen-bond acceptors (Lipinski definition) is 3. The molecule has 88 valence electrons. The first-order chi connectivity index (χ1) is 7.65. The minimum absolute atomic E-state index is 0.156. The van der Waals surface area contributed by atoms with Gasteiger partial charge in [0.2, 0.25) is 0 Å². The lowest BCUT2D eigenvalue weighted by molar-refractivity contribution is 0.0950. The van der Waals surface area contributed by atoms with Crippen LogP contribution in [0.1, 0.15) is 17.3 Å². The van der Waals surface area contributed by atoms with Crippen molar-refractivity contribution >= 4 is 17.5 Å². The summed E-state index contributed by atoms with van der Waals surface area (Å²) in [6.45, 7) is 4.47. The predicted molar refractivity (Wildman–Crippen MR) is 64.8 cm³/mol. The van der Waals surface area contributed by atoms with Crippen LogP contribution in [0.4, 0.5) is 0 Å². The van der Waals surface area contributed by atoms with Crippen molar-refractivity contribution in [3.63, 3.8) is 0 Å². The molecule has 0 spiro atoms. The van der Waals surface area contributed by atoms with Crippen molar-refractivity contribution < 1.29 is 4.79 Å². The molecule has 0 atom stereocenters. The van der Waals surface area contributed by atoms with Gasteiger partial charge in [0.25, 0.3) is 5.91 Å². The molecule has 1 amide bonds. The number of carbonyl (C=O) groups is 1. The lowest BCUT2D eigenvalue weighted by atomic mass is 10.2. The zero-order valence-electron chi connectivity index (χ0n) is 9.53. The van der Waals surface area contributed by atoms with Crippen molar-refractivity contribution in [3.05, 3.63) is 29.0 Å². The van der Waals surface area contributed by atoms with Crippen LogP contribution >= 0.6 is 11.6 Å². The molecule has 0 saturated heterocycles. The van der Waals surface area contributed by atoms with Crippen LogP contribution in [0, 0.1) is 0 Å². The van der Waals surface area contributed by atoms with Crippen LogP contribution in [-0.4, -0.2) is 42.5 Å². The molecule has 1 aromatic rings. The van der Waals surface area contributed by atoms with E-state index in [-0.39, 0.29) is 5.91 Å². The Labute approximate surface area is 101 Å². The van der Waals surface area contributed by atoms with Crippen LogP contribution in [0.2, 0.25) is 5.02 Å². The molecule has 5 heteroatoms. The highest BCUT2D eigenvalue weighted by Gasteiger charge is 2.08. The summed E-state index contributed by atoms with van der Waals surface area (Å²) < 4.78 is 0. The Balaban J connectivity index is 2.44. The lowest BCUT2D eigenvalue weighted by Crippen LogP contribution is -2.33. The van der Waals surface area contributed by atoms with Gasteiger partial charge in [0.1, 0.15) is 0 Å². The Bertz CT molecular complexity index is 357. The summed E-state index contributed by atoms with van der Waals surface area (Å²) >= 11 is 5.85. The smallest absolute Gasteiger partial charge is 0.252 e. The average Bonchev–Trinajstić information content (AvgIpc) is 2.29. The van der Waals surface area contributed by atoms with Gasteiger partial charge < -0.3 is 10.2 Å². The van der Waals surface area contributed by atoms with Gasteiger partial charge in [0, 0.05) is 25.5 Å². The molecule has 0 fully saturated rings. The molecule has 1 rings (SSSR count). The van der Waals surface area contributed by atoms with Crippen molar-refractivity contribution in [2.75, 3.05) is 26.7 Å². The minimum atomic E-state index is -0.156. The second kappa shape index (κ2) is 6.45. The van der Waals surface area contributed by atoms with Crippen LogP contribution in [0.3, 0.4) is 0 Å². The summed E-state index contributed by atoms with van der Waals surface area (Å²) in [5, 5.41) is 3.19. The standard InChI is InChI=1S/C11H16ClN3O/c1-3-15(2)7-6-14-11(16)9-4-5-13-8-10(9)12/h4-5,8H,3,6-7H2,1-2H3,(H,14,16). The number of amides is 1. The fourth-order valence-electron chi connectivity index (χ4n) is 1.17. The van der Waals surface area contributed by atoms with Crippen LogP contribution in [-0.2, 0) is 0 Å². The molecule has 0 unspecified atom stereocenters. The van der Waals surface area contributed by atoms with Crippen LogP contribution in [0.25, 0.3) is 0 Å². The van der Waals surface area contributed by atoms with E-state index in [2.05, 4.69) is 22.1 Å². The summed E-state index contributed by atoms with van der Waals surface area (Å²) in [4.78, 5) is 17.6. The number of aromatic nitrogens is 1. The Morgan fingerprint density at radius 3 is 3.00 bits per heavy atom. The Kier molecular flexibility index (Phi) is 5.22. The monoisotopic (exact) mass is 241 g/mol. The molecule has 0 saturated carbocycles. The summed E-state index contributed by atoms with van der Waals surface area (Å²) in [5.74, 6) is -0.156. The van der Waals surface area contributed by atoms with Crippen LogP contribution in [0.15, 0.2) is 18.5 Å². The first-order valence-corrected chi connectivity index (χ1v) is 5.59. The predicted octanol–water partition coefficient (Wildman–Crippen LogP) is 1.42. The molecule has 0 aliphatic carbocycles. The largest absolute Gasteiger partial charge is 0.351 e. The summed E-state index contributed by atoms with van der Waals surface area (Å²) in [6, 6.07) is 1.61. The molecular weight excluding hydrogens is 226 g/mol. The maximum Gasteiger partial charge on any atom is 0.252 e. The molecule has 16 heavy (non-hydrogen) atoms. The molecule has 1 heterocycles. The number of nitrogens with zero attached hydrogens (tertiary/aromatic N) is 2. The van der Waals surface area contributed by atoms with Crippen molar-refractivity contribution in [1.82, 2.24) is 15.2 Å². The lowest BCUT2D eigenvalue weighted by Gasteiger charge is -2.14. The van der Waals surface area contributed by atoms with Crippen LogP contribution < -0.4 is 5.32 Å². The number of likely N-dealkylation sites (N-methyl/N-ethyl adjacent to an activating group) is 1. The fraction of sp³-hybridized carbons (Fsp3) is 0.455. The second-order valence-corrected chi connectivity index (χ2v) is 3.91. The van der Waals surface area contributed by atoms with E-state index in [1.807, 2.05) is 7.05 Å². The molecule has 0 radical (unpaired) electrons. The van der Waals surface area contributed by atoms with Gasteiger partial charge in [-0.15, -0.1) is 0 Å². The van der Waals surface area contributed by atoms with E-state index in [4.69, 9.17) is 11.6 Å². The number of nitrogens with one attached hydrogen (secondary N) is 1. The minimum Gasteiger partial charge on any atom is -0.351 e. The highest BCUT2D eigenvalue weighted by atomic mass is 35.5. The molecule has 0 aliphatic rings. The van der Waals surface area contributed by atoms with Gasteiger partial charge in [-0.2, -0.15) is 0 Å². The maximum absolute atomic E-state index is 11.7. The average molecular weight is 242 g/mol. The van der Waals surface area contributed by atoms with Gasteiger partial charge in [-0.3, -0.25) is 9.78 Å². The van der Waals surface area contributed by atoms with E-state index in [9.17, 15) is 4.79 Å². The van der Waals surface area contributed by atoms with Gasteiger partial charge in [0.05, 0.1) is 10.6 Å². The van der Waals surface area contributed by atoms with E-state index in [0.29, 0.717) is 17.1 Å². The quantitative estimate of drug-likeness (QED) is 0.848. The zero-order valence-corrected chi connectivity index (χ0v) is 10.3. The van der Waals surface area contributed by atoms with Gasteiger partial charge in [-0.1, -0.05) is 18.5 Å². The third kappa shape index (κ3) is 3.79. The van der Waals surface area contributed by atoms with Crippen molar-refractivity contribution in [1.29, 1.82) is 0 Å². The van der Waals surface area contributed by atoms with Gasteiger partial charge in [-0.05, 0) is 19.7 Å². The highest BCUT2D eigenvalue weighted by molar-refractivity contribution is 6.33. The van der Waals surface area contributed by atoms with E-state index in [1.54, 1.807) is 12.3 Å². The van der Waals surface area contributed by atoms with E-state index >= 15 is 0 Å². The van der Waals surface area contributed by atoms with Crippen LogP contribution in [0.5, 0.6) is 0 Å². The Morgan fingerprint density at radius 2 is 2.38 bits per heavy atom. The van der Waals surface area contributed by atoms with Crippen molar-refractivity contribution in [2.45, 2.75) is 6.92 Å². The number of halogens is 1. The first-order valence-electron chi connectivity index (χ1n) is 5.21. The van der Waals surface area contributed by atoms with Gasteiger partial charge >= 0.3 is 0 Å². The highest BCUT2D eigenvalue weighted by Crippen LogP contribution is 2.12. The number of pyridine rings is 1. The summed E-state index contributed by atoms with van der Waals surface area (Å²) in [6.07, 6.45) is 3.02. The van der Waals surface area contributed by atoms with Crippen molar-refractivity contribution in [2.24, 2.45) is 0 Å². The second-order valence-electron chi connectivity index (χ2n) is 3.51. The SMILES string of the molecule is CCN(C)CCNC(=O)c1ccncc1Cl. The maximum atomic E-state index is 11.7. The molecule has 0 bridgehead atoms. The summed E-state index contributed by atoms with van der Waals surface area (Å²) in [7, 11) is 2.01. The number of carbonyl (C=O) groups excluding carboxylic acids is 1. The molecule has 4 nitrogen and oxygen atoms in total. The van der Waals surface area contributed by atoms with E-state index in [0.717, 1.165) is 13.1 Å². The van der Waals surface area contributed by atoms with Gasteiger partial charge in [0.15, 0.2) is 0 Å². The normalized spacial score (nSPS) is 10.5. The first kappa shape index (κ1) is 12.9. The zero-order chi connectivity index (χ0) is 12.0. The molecule has 0 aliphatic heterocycles. The third-order valence-corrected chi connectivity index (χ3v) is 2.64. The molecule has 0 aromatic carbocycles. The van der Waals surface area contributed by atoms with E-state index in [1.165, 1.54) is 6.20 Å². The number of hydrogen-bond donors (Lipinski definition) is 1. The Hall–Kier alpha value is -1.13. The van der Waals surface area contributed by atoms with Crippen molar-refractivity contribution in [3.8, 4) is 0 Å². The topological polar surface area (TPSA) is 45.2 Å². The molecule has 1 N–H and O–H groups in total. The molecule has 1 aromatic heterocycles. The summed E-state index contributed by atoms with van der Waals surface area (Å²) in [5.41, 5.74) is 0.468. The molecular formula is C11H16ClN3O. The number of rotatable bonds is 5. The van der Waals surface area contributed by atoms with E-state index < -0.39 is 0 Å². The third-order valence-electron chi connectivity index (χ3n) is 2.34. The van der Waals surface area contributed by atoms with Gasteiger partial charge in [-0.25, -0.2) is 0 Å².